The molecule has 0 aliphatic carbocycles. The predicted octanol–water partition coefficient (Wildman–Crippen LogP) is 3.58. The fourth-order valence-corrected chi connectivity index (χ4v) is 2.87. The van der Waals surface area contributed by atoms with Crippen molar-refractivity contribution in [2.24, 2.45) is 0 Å². The van der Waals surface area contributed by atoms with Gasteiger partial charge in [0.05, 0.1) is 12.2 Å². The van der Waals surface area contributed by atoms with E-state index in [1.807, 2.05) is 24.3 Å². The summed E-state index contributed by atoms with van der Waals surface area (Å²) in [7, 11) is 0. The second-order valence-corrected chi connectivity index (χ2v) is 5.89. The lowest BCUT2D eigenvalue weighted by atomic mass is 9.99. The molecule has 0 N–H and O–H groups in total. The number of hydrogen-bond donors (Lipinski definition) is 0. The van der Waals surface area contributed by atoms with Gasteiger partial charge >= 0.3 is 0 Å². The summed E-state index contributed by atoms with van der Waals surface area (Å²) in [5, 5.41) is 4.74. The number of aromatic nitrogens is 2. The Labute approximate surface area is 132 Å². The number of halogens is 1. The van der Waals surface area contributed by atoms with Crippen LogP contribution in [0.25, 0.3) is 11.6 Å². The van der Waals surface area contributed by atoms with Gasteiger partial charge < -0.3 is 8.94 Å². The van der Waals surface area contributed by atoms with E-state index in [2.05, 4.69) is 21.1 Å². The first-order valence-corrected chi connectivity index (χ1v) is 7.50. The van der Waals surface area contributed by atoms with E-state index in [1.54, 1.807) is 12.3 Å². The van der Waals surface area contributed by atoms with Crippen LogP contribution in [0.5, 0.6) is 0 Å². The van der Waals surface area contributed by atoms with E-state index < -0.39 is 0 Å². The Morgan fingerprint density at radius 3 is 2.91 bits per heavy atom. The molecule has 1 aliphatic heterocycles. The van der Waals surface area contributed by atoms with Crippen LogP contribution in [0.15, 0.2) is 51.6 Å². The van der Waals surface area contributed by atoms with Crippen LogP contribution < -0.4 is 0 Å². The molecule has 0 radical (unpaired) electrons. The fourth-order valence-electron chi connectivity index (χ4n) is 2.66. The highest BCUT2D eigenvalue weighted by Gasteiger charge is 2.32. The van der Waals surface area contributed by atoms with E-state index in [4.69, 9.17) is 20.5 Å². The van der Waals surface area contributed by atoms with Crippen LogP contribution in [-0.4, -0.2) is 28.1 Å². The summed E-state index contributed by atoms with van der Waals surface area (Å²) in [4.78, 5) is 6.74. The zero-order chi connectivity index (χ0) is 14.9. The lowest BCUT2D eigenvalue weighted by Crippen LogP contribution is -2.44. The molecule has 0 spiro atoms. The van der Waals surface area contributed by atoms with Gasteiger partial charge in [0, 0.05) is 24.7 Å². The highest BCUT2D eigenvalue weighted by atomic mass is 35.5. The van der Waals surface area contributed by atoms with E-state index in [0.717, 1.165) is 24.7 Å². The van der Waals surface area contributed by atoms with Crippen LogP contribution in [0.4, 0.5) is 0 Å². The summed E-state index contributed by atoms with van der Waals surface area (Å²) in [5.74, 6) is 2.10. The number of benzene rings is 1. The summed E-state index contributed by atoms with van der Waals surface area (Å²) in [6.45, 7) is 2.70. The van der Waals surface area contributed by atoms with Crippen LogP contribution in [0, 0.1) is 0 Å². The summed E-state index contributed by atoms with van der Waals surface area (Å²) in [5.41, 5.74) is 1.22. The summed E-state index contributed by atoms with van der Waals surface area (Å²) < 4.78 is 10.6. The minimum absolute atomic E-state index is 0.287. The normalized spacial score (nSPS) is 15.9. The van der Waals surface area contributed by atoms with Crippen LogP contribution in [0.3, 0.4) is 0 Å². The number of nitrogens with zero attached hydrogens (tertiary/aromatic N) is 3. The maximum absolute atomic E-state index is 6.01. The zero-order valence-corrected chi connectivity index (χ0v) is 12.5. The third kappa shape index (κ3) is 2.65. The molecule has 0 amide bonds. The molecule has 3 heterocycles. The molecule has 0 unspecified atom stereocenters. The van der Waals surface area contributed by atoms with E-state index in [-0.39, 0.29) is 5.92 Å². The topological polar surface area (TPSA) is 55.3 Å². The maximum atomic E-state index is 6.01. The Hall–Kier alpha value is -2.11. The molecule has 3 aromatic rings. The molecule has 22 heavy (non-hydrogen) atoms. The van der Waals surface area contributed by atoms with E-state index >= 15 is 0 Å². The molecule has 1 aliphatic rings. The minimum Gasteiger partial charge on any atom is -0.461 e. The molecule has 4 rings (SSSR count). The van der Waals surface area contributed by atoms with Crippen LogP contribution >= 0.6 is 11.6 Å². The van der Waals surface area contributed by atoms with Crippen molar-refractivity contribution in [1.82, 2.24) is 15.0 Å². The molecule has 5 nitrogen and oxygen atoms in total. The quantitative estimate of drug-likeness (QED) is 0.736. The zero-order valence-electron chi connectivity index (χ0n) is 11.8. The first-order valence-electron chi connectivity index (χ1n) is 7.12. The Bertz CT molecular complexity index is 763. The van der Waals surface area contributed by atoms with Crippen molar-refractivity contribution in [3.8, 4) is 11.6 Å². The van der Waals surface area contributed by atoms with Gasteiger partial charge in [0.1, 0.15) is 0 Å². The van der Waals surface area contributed by atoms with Crippen molar-refractivity contribution in [3.05, 3.63) is 59.1 Å². The Kier molecular flexibility index (Phi) is 3.44. The van der Waals surface area contributed by atoms with Crippen molar-refractivity contribution in [2.45, 2.75) is 12.5 Å². The average molecular weight is 316 g/mol. The van der Waals surface area contributed by atoms with Gasteiger partial charge in [-0.3, -0.25) is 4.90 Å². The van der Waals surface area contributed by atoms with Crippen LogP contribution in [-0.2, 0) is 6.54 Å². The highest BCUT2D eigenvalue weighted by molar-refractivity contribution is 6.30. The monoisotopic (exact) mass is 315 g/mol. The van der Waals surface area contributed by atoms with Crippen molar-refractivity contribution in [2.75, 3.05) is 13.1 Å². The standard InChI is InChI=1S/C16H14ClN3O2/c17-13-4-1-3-11(7-13)8-20-9-12(10-20)16-18-15(19-22-16)14-5-2-6-21-14/h1-7,12H,8-10H2. The number of rotatable bonds is 4. The summed E-state index contributed by atoms with van der Waals surface area (Å²) in [6.07, 6.45) is 1.60. The third-order valence-corrected chi connectivity index (χ3v) is 4.02. The molecule has 0 saturated carbocycles. The first-order chi connectivity index (χ1) is 10.8. The second kappa shape index (κ2) is 5.59. The van der Waals surface area contributed by atoms with E-state index in [1.165, 1.54) is 5.56 Å². The summed E-state index contributed by atoms with van der Waals surface area (Å²) in [6, 6.07) is 11.6. The van der Waals surface area contributed by atoms with Crippen molar-refractivity contribution in [3.63, 3.8) is 0 Å². The first kappa shape index (κ1) is 13.5. The molecule has 0 bridgehead atoms. The Morgan fingerprint density at radius 1 is 1.23 bits per heavy atom. The molecule has 1 aromatic carbocycles. The highest BCUT2D eigenvalue weighted by Crippen LogP contribution is 2.29. The van der Waals surface area contributed by atoms with Gasteiger partial charge in [0.25, 0.3) is 0 Å². The van der Waals surface area contributed by atoms with Gasteiger partial charge in [0.2, 0.25) is 11.7 Å². The summed E-state index contributed by atoms with van der Waals surface area (Å²) >= 11 is 6.01. The SMILES string of the molecule is Clc1cccc(CN2CC(c3nc(-c4ccco4)no3)C2)c1. The molecule has 0 atom stereocenters. The molecule has 6 heteroatoms. The Balaban J connectivity index is 1.37. The van der Waals surface area contributed by atoms with Gasteiger partial charge in [-0.15, -0.1) is 0 Å². The molecule has 112 valence electrons. The lowest BCUT2D eigenvalue weighted by molar-refractivity contribution is 0.117. The number of furan rings is 1. The van der Waals surface area contributed by atoms with Gasteiger partial charge in [-0.1, -0.05) is 28.9 Å². The van der Waals surface area contributed by atoms with Crippen LogP contribution in [0.1, 0.15) is 17.4 Å². The molecular weight excluding hydrogens is 302 g/mol. The molecule has 2 aromatic heterocycles. The Morgan fingerprint density at radius 2 is 2.14 bits per heavy atom. The van der Waals surface area contributed by atoms with E-state index in [9.17, 15) is 0 Å². The molecule has 1 saturated heterocycles. The van der Waals surface area contributed by atoms with E-state index in [0.29, 0.717) is 17.5 Å². The molecule has 1 fully saturated rings. The average Bonchev–Trinajstić information content (AvgIpc) is 3.13. The largest absolute Gasteiger partial charge is 0.461 e. The number of likely N-dealkylation sites (tertiary alicyclic amines) is 1. The van der Waals surface area contributed by atoms with Crippen molar-refractivity contribution < 1.29 is 8.94 Å². The molecular formula is C16H14ClN3O2. The third-order valence-electron chi connectivity index (χ3n) is 3.78. The maximum Gasteiger partial charge on any atom is 0.238 e. The smallest absolute Gasteiger partial charge is 0.238 e. The number of hydrogen-bond acceptors (Lipinski definition) is 5. The van der Waals surface area contributed by atoms with Gasteiger partial charge in [0.15, 0.2) is 5.76 Å². The second-order valence-electron chi connectivity index (χ2n) is 5.45. The van der Waals surface area contributed by atoms with Crippen molar-refractivity contribution in [1.29, 1.82) is 0 Å². The predicted molar refractivity (Wildman–Crippen MR) is 81.5 cm³/mol. The van der Waals surface area contributed by atoms with Gasteiger partial charge in [-0.25, -0.2) is 0 Å². The lowest BCUT2D eigenvalue weighted by Gasteiger charge is -2.37. The minimum atomic E-state index is 0.287. The van der Waals surface area contributed by atoms with Gasteiger partial charge in [-0.05, 0) is 29.8 Å². The fraction of sp³-hybridized carbons (Fsp3) is 0.250. The van der Waals surface area contributed by atoms with Crippen LogP contribution in [0.2, 0.25) is 5.02 Å². The van der Waals surface area contributed by atoms with Crippen molar-refractivity contribution >= 4 is 11.6 Å². The van der Waals surface area contributed by atoms with Gasteiger partial charge in [-0.2, -0.15) is 4.98 Å².